The van der Waals surface area contributed by atoms with Crippen LogP contribution in [0.2, 0.25) is 0 Å². The second-order valence-electron chi connectivity index (χ2n) is 3.69. The monoisotopic (exact) mass is 183 g/mol. The van der Waals surface area contributed by atoms with E-state index < -0.39 is 0 Å². The van der Waals surface area contributed by atoms with E-state index in [1.807, 2.05) is 19.0 Å². The normalized spacial score (nSPS) is 27.2. The Hall–Kier alpha value is -0.870. The topological polar surface area (TPSA) is 49.6 Å². The summed E-state index contributed by atoms with van der Waals surface area (Å²) in [5.41, 5.74) is 5.80. The van der Waals surface area contributed by atoms with E-state index in [-0.39, 0.29) is 18.0 Å². The number of rotatable bonds is 3. The summed E-state index contributed by atoms with van der Waals surface area (Å²) in [4.78, 5) is 15.1. The number of nitrogens with zero attached hydrogens (tertiary/aromatic N) is 2. The molecule has 1 amide bonds. The number of carbonyl (C=O) groups is 1. The van der Waals surface area contributed by atoms with Gasteiger partial charge in [-0.15, -0.1) is 0 Å². The molecule has 0 saturated carbocycles. The van der Waals surface area contributed by atoms with Crippen molar-refractivity contribution in [2.45, 2.75) is 12.1 Å². The van der Waals surface area contributed by atoms with Gasteiger partial charge in [-0.05, 0) is 20.2 Å². The van der Waals surface area contributed by atoms with Gasteiger partial charge < -0.3 is 15.5 Å². The lowest BCUT2D eigenvalue weighted by Gasteiger charge is -2.46. The van der Waals surface area contributed by atoms with Gasteiger partial charge in [0.05, 0.1) is 6.04 Å². The van der Waals surface area contributed by atoms with Crippen LogP contribution >= 0.6 is 0 Å². The number of likely N-dealkylation sites (N-methyl/N-ethyl adjacent to an activating group) is 1. The Morgan fingerprint density at radius 2 is 2.38 bits per heavy atom. The molecule has 1 fully saturated rings. The second-order valence-corrected chi connectivity index (χ2v) is 3.69. The minimum atomic E-state index is -0.0199. The van der Waals surface area contributed by atoms with Gasteiger partial charge in [0.1, 0.15) is 0 Å². The molecule has 0 bridgehead atoms. The van der Waals surface area contributed by atoms with Gasteiger partial charge in [-0.2, -0.15) is 0 Å². The van der Waals surface area contributed by atoms with E-state index in [1.165, 1.54) is 6.08 Å². The van der Waals surface area contributed by atoms with Crippen LogP contribution in [0.15, 0.2) is 12.7 Å². The molecule has 4 heteroatoms. The van der Waals surface area contributed by atoms with E-state index in [2.05, 4.69) is 6.58 Å². The van der Waals surface area contributed by atoms with Crippen molar-refractivity contribution < 1.29 is 4.79 Å². The average Bonchev–Trinajstić information content (AvgIpc) is 2.09. The minimum Gasteiger partial charge on any atom is -0.332 e. The molecule has 1 aliphatic rings. The molecular formula is C9H17N3O. The number of nitrogens with two attached hydrogens (primary N) is 1. The maximum Gasteiger partial charge on any atom is 0.246 e. The molecule has 0 aromatic rings. The SMILES string of the molecule is C=CC(=O)N1C[C@@H](N)[C@@H]1CN(C)C. The highest BCUT2D eigenvalue weighted by molar-refractivity contribution is 5.88. The van der Waals surface area contributed by atoms with Gasteiger partial charge in [0.25, 0.3) is 0 Å². The van der Waals surface area contributed by atoms with Crippen molar-refractivity contribution in [3.8, 4) is 0 Å². The number of hydrogen-bond donors (Lipinski definition) is 1. The predicted molar refractivity (Wildman–Crippen MR) is 52.2 cm³/mol. The summed E-state index contributed by atoms with van der Waals surface area (Å²) in [6.07, 6.45) is 1.34. The zero-order valence-corrected chi connectivity index (χ0v) is 8.23. The summed E-state index contributed by atoms with van der Waals surface area (Å²) < 4.78 is 0. The first-order valence-electron chi connectivity index (χ1n) is 4.39. The molecule has 0 radical (unpaired) electrons. The first-order chi connectivity index (χ1) is 6.06. The Morgan fingerprint density at radius 3 is 2.77 bits per heavy atom. The van der Waals surface area contributed by atoms with Gasteiger partial charge in [0.15, 0.2) is 0 Å². The fourth-order valence-electron chi connectivity index (χ4n) is 1.56. The quantitative estimate of drug-likeness (QED) is 0.587. The Balaban J connectivity index is 2.50. The van der Waals surface area contributed by atoms with Crippen LogP contribution in [0.4, 0.5) is 0 Å². The highest BCUT2D eigenvalue weighted by Gasteiger charge is 2.38. The molecule has 0 aromatic carbocycles. The first-order valence-corrected chi connectivity index (χ1v) is 4.39. The van der Waals surface area contributed by atoms with E-state index in [0.29, 0.717) is 6.54 Å². The predicted octanol–water partition coefficient (Wildman–Crippen LogP) is -0.728. The molecular weight excluding hydrogens is 166 g/mol. The first kappa shape index (κ1) is 10.2. The van der Waals surface area contributed by atoms with Gasteiger partial charge >= 0.3 is 0 Å². The summed E-state index contributed by atoms with van der Waals surface area (Å²) in [5.74, 6) is -0.0199. The zero-order valence-electron chi connectivity index (χ0n) is 8.23. The third kappa shape index (κ3) is 2.08. The molecule has 0 unspecified atom stereocenters. The standard InChI is InChI=1S/C9H17N3O/c1-4-9(13)12-5-7(10)8(12)6-11(2)3/h4,7-8H,1,5-6,10H2,2-3H3/t7-,8+/m1/s1. The van der Waals surface area contributed by atoms with Crippen LogP contribution in [-0.2, 0) is 4.79 Å². The summed E-state index contributed by atoms with van der Waals surface area (Å²) in [6.45, 7) is 4.93. The average molecular weight is 183 g/mol. The fraction of sp³-hybridized carbons (Fsp3) is 0.667. The van der Waals surface area contributed by atoms with Crippen LogP contribution < -0.4 is 5.73 Å². The molecule has 0 aromatic heterocycles. The molecule has 0 aliphatic carbocycles. The highest BCUT2D eigenvalue weighted by atomic mass is 16.2. The lowest BCUT2D eigenvalue weighted by molar-refractivity contribution is -0.135. The van der Waals surface area contributed by atoms with Gasteiger partial charge in [-0.25, -0.2) is 0 Å². The van der Waals surface area contributed by atoms with Crippen LogP contribution in [0.25, 0.3) is 0 Å². The maximum atomic E-state index is 11.3. The van der Waals surface area contributed by atoms with Crippen LogP contribution in [0.5, 0.6) is 0 Å². The number of likely N-dealkylation sites (tertiary alicyclic amines) is 1. The largest absolute Gasteiger partial charge is 0.332 e. The summed E-state index contributed by atoms with van der Waals surface area (Å²) in [6, 6.07) is 0.270. The molecule has 2 atom stereocenters. The van der Waals surface area contributed by atoms with E-state index in [9.17, 15) is 4.79 Å². The van der Waals surface area contributed by atoms with Crippen molar-refractivity contribution in [2.75, 3.05) is 27.2 Å². The molecule has 0 spiro atoms. The fourth-order valence-corrected chi connectivity index (χ4v) is 1.56. The molecule has 4 nitrogen and oxygen atoms in total. The van der Waals surface area contributed by atoms with Crippen molar-refractivity contribution in [3.63, 3.8) is 0 Å². The van der Waals surface area contributed by atoms with Crippen LogP contribution in [0, 0.1) is 0 Å². The number of hydrogen-bond acceptors (Lipinski definition) is 3. The molecule has 1 aliphatic heterocycles. The number of carbonyl (C=O) groups excluding carboxylic acids is 1. The number of amides is 1. The van der Waals surface area contributed by atoms with Crippen LogP contribution in [-0.4, -0.2) is 55.0 Å². The second kappa shape index (κ2) is 3.89. The van der Waals surface area contributed by atoms with E-state index >= 15 is 0 Å². The van der Waals surface area contributed by atoms with E-state index in [4.69, 9.17) is 5.73 Å². The third-order valence-corrected chi connectivity index (χ3v) is 2.31. The van der Waals surface area contributed by atoms with Gasteiger partial charge in [-0.1, -0.05) is 6.58 Å². The van der Waals surface area contributed by atoms with Crippen LogP contribution in [0.1, 0.15) is 0 Å². The highest BCUT2D eigenvalue weighted by Crippen LogP contribution is 2.17. The molecule has 74 valence electrons. The Morgan fingerprint density at radius 1 is 1.77 bits per heavy atom. The lowest BCUT2D eigenvalue weighted by Crippen LogP contribution is -2.68. The van der Waals surface area contributed by atoms with Crippen molar-refractivity contribution in [1.82, 2.24) is 9.80 Å². The molecule has 1 heterocycles. The van der Waals surface area contributed by atoms with Crippen LogP contribution in [0.3, 0.4) is 0 Å². The van der Waals surface area contributed by atoms with Gasteiger partial charge in [-0.3, -0.25) is 4.79 Å². The smallest absolute Gasteiger partial charge is 0.246 e. The van der Waals surface area contributed by atoms with Gasteiger partial charge in [0, 0.05) is 19.1 Å². The van der Waals surface area contributed by atoms with Crippen molar-refractivity contribution >= 4 is 5.91 Å². The minimum absolute atomic E-state index is 0.0199. The van der Waals surface area contributed by atoms with Crippen molar-refractivity contribution in [3.05, 3.63) is 12.7 Å². The Bertz CT molecular complexity index is 215. The van der Waals surface area contributed by atoms with Gasteiger partial charge in [0.2, 0.25) is 5.91 Å². The van der Waals surface area contributed by atoms with Crippen molar-refractivity contribution in [1.29, 1.82) is 0 Å². The van der Waals surface area contributed by atoms with E-state index in [0.717, 1.165) is 6.54 Å². The Kier molecular flexibility index (Phi) is 3.06. The summed E-state index contributed by atoms with van der Waals surface area (Å²) >= 11 is 0. The summed E-state index contributed by atoms with van der Waals surface area (Å²) in [5, 5.41) is 0. The molecule has 2 N–H and O–H groups in total. The Labute approximate surface area is 79.0 Å². The third-order valence-electron chi connectivity index (χ3n) is 2.31. The maximum absolute atomic E-state index is 11.3. The lowest BCUT2D eigenvalue weighted by atomic mass is 9.96. The summed E-state index contributed by atoms with van der Waals surface area (Å²) in [7, 11) is 3.95. The van der Waals surface area contributed by atoms with E-state index in [1.54, 1.807) is 4.90 Å². The zero-order chi connectivity index (χ0) is 10.0. The molecule has 13 heavy (non-hydrogen) atoms. The molecule has 1 saturated heterocycles. The molecule has 1 rings (SSSR count). The van der Waals surface area contributed by atoms with Crippen molar-refractivity contribution in [2.24, 2.45) is 5.73 Å².